The molecule has 0 unspecified atom stereocenters. The minimum absolute atomic E-state index is 0.0428. The van der Waals surface area contributed by atoms with Crippen molar-refractivity contribution in [1.82, 2.24) is 0 Å². The maximum Gasteiger partial charge on any atom is 0.314 e. The number of hydrogen-bond donors (Lipinski definition) is 1. The third-order valence-electron chi connectivity index (χ3n) is 3.07. The molecule has 3 heteroatoms. The second-order valence-electron chi connectivity index (χ2n) is 3.97. The normalized spacial score (nSPS) is 25.5. The molecule has 0 heterocycles. The van der Waals surface area contributed by atoms with Crippen molar-refractivity contribution in [2.75, 3.05) is 0 Å². The zero-order valence-electron chi connectivity index (χ0n) is 8.27. The minimum atomic E-state index is -0.974. The van der Waals surface area contributed by atoms with Gasteiger partial charge in [0.25, 0.3) is 0 Å². The first-order valence-corrected chi connectivity index (χ1v) is 4.96. The first kappa shape index (κ1) is 9.90. The molecule has 0 aromatic heterocycles. The maximum atomic E-state index is 11.3. The molecular formula is C12H12O3. The Morgan fingerprint density at radius 1 is 1.27 bits per heavy atom. The molecular weight excluding hydrogens is 192 g/mol. The third-order valence-corrected chi connectivity index (χ3v) is 3.07. The van der Waals surface area contributed by atoms with Crippen LogP contribution < -0.4 is 0 Å². The molecule has 1 aliphatic carbocycles. The lowest BCUT2D eigenvalue weighted by atomic mass is 9.79. The van der Waals surface area contributed by atoms with E-state index >= 15 is 0 Å². The summed E-state index contributed by atoms with van der Waals surface area (Å²) in [7, 11) is 0. The Morgan fingerprint density at radius 3 is 2.40 bits per heavy atom. The number of carbonyl (C=O) groups excluding carboxylic acids is 1. The second-order valence-corrected chi connectivity index (χ2v) is 3.97. The van der Waals surface area contributed by atoms with E-state index in [-0.39, 0.29) is 12.2 Å². The number of ketones is 1. The van der Waals surface area contributed by atoms with Gasteiger partial charge in [0, 0.05) is 12.8 Å². The van der Waals surface area contributed by atoms with Crippen LogP contribution in [0.5, 0.6) is 0 Å². The largest absolute Gasteiger partial charge is 0.481 e. The topological polar surface area (TPSA) is 54.4 Å². The summed E-state index contributed by atoms with van der Waals surface area (Å²) < 4.78 is 0. The molecule has 0 saturated heterocycles. The highest BCUT2D eigenvalue weighted by Gasteiger charge is 2.46. The van der Waals surface area contributed by atoms with Crippen LogP contribution in [-0.2, 0) is 15.0 Å². The van der Waals surface area contributed by atoms with E-state index < -0.39 is 11.4 Å². The maximum absolute atomic E-state index is 11.3. The Bertz CT molecular complexity index is 397. The van der Waals surface area contributed by atoms with Gasteiger partial charge >= 0.3 is 5.97 Å². The Hall–Kier alpha value is -1.64. The summed E-state index contributed by atoms with van der Waals surface area (Å²) in [5.74, 6) is -0.846. The summed E-state index contributed by atoms with van der Waals surface area (Å²) in [6.45, 7) is 0. The van der Waals surface area contributed by atoms with Crippen LogP contribution >= 0.6 is 0 Å². The molecule has 15 heavy (non-hydrogen) atoms. The number of carboxylic acids is 1. The van der Waals surface area contributed by atoms with E-state index in [0.29, 0.717) is 12.8 Å². The van der Waals surface area contributed by atoms with Gasteiger partial charge in [0.1, 0.15) is 5.78 Å². The van der Waals surface area contributed by atoms with Crippen molar-refractivity contribution < 1.29 is 14.7 Å². The van der Waals surface area contributed by atoms with E-state index in [4.69, 9.17) is 0 Å². The molecule has 0 bridgehead atoms. The first-order chi connectivity index (χ1) is 7.15. The predicted octanol–water partition coefficient (Wildman–Crippen LogP) is 1.76. The molecule has 1 aromatic carbocycles. The fraction of sp³-hybridized carbons (Fsp3) is 0.333. The van der Waals surface area contributed by atoms with Crippen molar-refractivity contribution >= 4 is 11.8 Å². The van der Waals surface area contributed by atoms with Crippen LogP contribution in [0.3, 0.4) is 0 Å². The van der Waals surface area contributed by atoms with Crippen LogP contribution in [0.15, 0.2) is 30.3 Å². The highest BCUT2D eigenvalue weighted by atomic mass is 16.4. The van der Waals surface area contributed by atoms with Gasteiger partial charge in [-0.25, -0.2) is 0 Å². The van der Waals surface area contributed by atoms with Crippen molar-refractivity contribution in [2.45, 2.75) is 24.7 Å². The van der Waals surface area contributed by atoms with Gasteiger partial charge in [-0.1, -0.05) is 30.3 Å². The SMILES string of the molecule is O=C1CC[C@@](C(=O)O)(c2ccccc2)C1. The minimum Gasteiger partial charge on any atom is -0.481 e. The number of hydrogen-bond acceptors (Lipinski definition) is 2. The van der Waals surface area contributed by atoms with E-state index in [1.807, 2.05) is 18.2 Å². The fourth-order valence-corrected chi connectivity index (χ4v) is 2.18. The number of carboxylic acid groups (broad SMARTS) is 1. The molecule has 3 nitrogen and oxygen atoms in total. The van der Waals surface area contributed by atoms with E-state index in [9.17, 15) is 14.7 Å². The molecule has 1 fully saturated rings. The van der Waals surface area contributed by atoms with Gasteiger partial charge in [-0.3, -0.25) is 9.59 Å². The average Bonchev–Trinajstić information content (AvgIpc) is 2.63. The molecule has 1 N–H and O–H groups in total. The lowest BCUT2D eigenvalue weighted by molar-refractivity contribution is -0.144. The average molecular weight is 204 g/mol. The second kappa shape index (κ2) is 3.50. The highest BCUT2D eigenvalue weighted by molar-refractivity contribution is 5.94. The number of rotatable bonds is 2. The Kier molecular flexibility index (Phi) is 2.31. The molecule has 0 amide bonds. The standard InChI is InChI=1S/C12H12O3/c13-10-6-7-12(8-10,11(14)15)9-4-2-1-3-5-9/h1-5H,6-8H2,(H,14,15)/t12-/m0/s1. The smallest absolute Gasteiger partial charge is 0.314 e. The van der Waals surface area contributed by atoms with E-state index in [1.54, 1.807) is 12.1 Å². The molecule has 0 aliphatic heterocycles. The number of carbonyl (C=O) groups is 2. The molecule has 0 radical (unpaired) electrons. The molecule has 1 aliphatic rings. The van der Waals surface area contributed by atoms with E-state index in [1.165, 1.54) is 0 Å². The Balaban J connectivity index is 2.45. The quantitative estimate of drug-likeness (QED) is 0.798. The third kappa shape index (κ3) is 1.54. The molecule has 0 spiro atoms. The zero-order valence-corrected chi connectivity index (χ0v) is 8.27. The lowest BCUT2D eigenvalue weighted by Gasteiger charge is -2.23. The van der Waals surface area contributed by atoms with E-state index in [0.717, 1.165) is 5.56 Å². The molecule has 78 valence electrons. The summed E-state index contributed by atoms with van der Waals surface area (Å²) in [5.41, 5.74) is -0.235. The zero-order chi connectivity index (χ0) is 10.9. The van der Waals surface area contributed by atoms with Crippen molar-refractivity contribution in [1.29, 1.82) is 0 Å². The predicted molar refractivity (Wildman–Crippen MR) is 54.6 cm³/mol. The summed E-state index contributed by atoms with van der Waals surface area (Å²) in [6, 6.07) is 9.03. The summed E-state index contributed by atoms with van der Waals surface area (Å²) in [4.78, 5) is 22.6. The molecule has 2 rings (SSSR count). The summed E-state index contributed by atoms with van der Waals surface area (Å²) in [5, 5.41) is 9.28. The highest BCUT2D eigenvalue weighted by Crippen LogP contribution is 2.39. The van der Waals surface area contributed by atoms with Crippen LogP contribution in [0.25, 0.3) is 0 Å². The number of benzene rings is 1. The lowest BCUT2D eigenvalue weighted by Crippen LogP contribution is -2.33. The first-order valence-electron chi connectivity index (χ1n) is 4.96. The van der Waals surface area contributed by atoms with Crippen LogP contribution in [-0.4, -0.2) is 16.9 Å². The van der Waals surface area contributed by atoms with Gasteiger partial charge in [0.15, 0.2) is 0 Å². The molecule has 1 saturated carbocycles. The van der Waals surface area contributed by atoms with Crippen molar-refractivity contribution in [3.05, 3.63) is 35.9 Å². The van der Waals surface area contributed by atoms with Gasteiger partial charge in [0.05, 0.1) is 5.41 Å². The van der Waals surface area contributed by atoms with Gasteiger partial charge in [-0.15, -0.1) is 0 Å². The monoisotopic (exact) mass is 204 g/mol. The van der Waals surface area contributed by atoms with Gasteiger partial charge in [-0.05, 0) is 12.0 Å². The fourth-order valence-electron chi connectivity index (χ4n) is 2.18. The Morgan fingerprint density at radius 2 is 1.93 bits per heavy atom. The number of Topliss-reactive ketones (excluding diaryl/α,β-unsaturated/α-hetero) is 1. The van der Waals surface area contributed by atoms with Crippen LogP contribution in [0, 0.1) is 0 Å². The van der Waals surface area contributed by atoms with Crippen LogP contribution in [0.2, 0.25) is 0 Å². The van der Waals surface area contributed by atoms with Crippen molar-refractivity contribution in [3.8, 4) is 0 Å². The van der Waals surface area contributed by atoms with Crippen molar-refractivity contribution in [3.63, 3.8) is 0 Å². The van der Waals surface area contributed by atoms with E-state index in [2.05, 4.69) is 0 Å². The summed E-state index contributed by atoms with van der Waals surface area (Å²) in [6.07, 6.45) is 0.929. The van der Waals surface area contributed by atoms with Gasteiger partial charge in [0.2, 0.25) is 0 Å². The van der Waals surface area contributed by atoms with Crippen LogP contribution in [0.4, 0.5) is 0 Å². The molecule has 1 atom stereocenters. The Labute approximate surface area is 87.7 Å². The molecule has 1 aromatic rings. The number of aliphatic carboxylic acids is 1. The van der Waals surface area contributed by atoms with Crippen LogP contribution in [0.1, 0.15) is 24.8 Å². The van der Waals surface area contributed by atoms with Gasteiger partial charge < -0.3 is 5.11 Å². The summed E-state index contributed by atoms with van der Waals surface area (Å²) >= 11 is 0. The van der Waals surface area contributed by atoms with Crippen molar-refractivity contribution in [2.24, 2.45) is 0 Å². The van der Waals surface area contributed by atoms with Gasteiger partial charge in [-0.2, -0.15) is 0 Å².